The van der Waals surface area contributed by atoms with Gasteiger partial charge in [-0.25, -0.2) is 0 Å². The van der Waals surface area contributed by atoms with E-state index in [4.69, 9.17) is 9.47 Å². The summed E-state index contributed by atoms with van der Waals surface area (Å²) in [5, 5.41) is 12.8. The number of methoxy groups -OCH3 is 2. The summed E-state index contributed by atoms with van der Waals surface area (Å²) in [5.74, 6) is 0. The highest BCUT2D eigenvalue weighted by atomic mass is 16.5. The fourth-order valence-corrected chi connectivity index (χ4v) is 2.75. The van der Waals surface area contributed by atoms with Gasteiger partial charge in [-0.3, -0.25) is 4.90 Å². The fourth-order valence-electron chi connectivity index (χ4n) is 2.75. The summed E-state index contributed by atoms with van der Waals surface area (Å²) < 4.78 is 10.3. The molecule has 0 spiro atoms. The highest BCUT2D eigenvalue weighted by Gasteiger charge is 2.39. The zero-order chi connectivity index (χ0) is 13.4. The lowest BCUT2D eigenvalue weighted by Crippen LogP contribution is -2.46. The zero-order valence-electron chi connectivity index (χ0n) is 11.9. The van der Waals surface area contributed by atoms with E-state index in [0.29, 0.717) is 6.04 Å². The number of hydrogen-bond donors (Lipinski definition) is 2. The lowest BCUT2D eigenvalue weighted by molar-refractivity contribution is 0.0824. The van der Waals surface area contributed by atoms with Crippen molar-refractivity contribution in [3.05, 3.63) is 0 Å². The molecule has 0 aromatic heterocycles. The summed E-state index contributed by atoms with van der Waals surface area (Å²) in [6.07, 6.45) is 3.14. The van der Waals surface area contributed by atoms with Gasteiger partial charge < -0.3 is 19.9 Å². The van der Waals surface area contributed by atoms with Crippen molar-refractivity contribution in [2.24, 2.45) is 0 Å². The van der Waals surface area contributed by atoms with Gasteiger partial charge in [-0.2, -0.15) is 0 Å². The van der Waals surface area contributed by atoms with Crippen molar-refractivity contribution in [3.8, 4) is 0 Å². The van der Waals surface area contributed by atoms with Crippen LogP contribution in [0.25, 0.3) is 0 Å². The molecule has 108 valence electrons. The van der Waals surface area contributed by atoms with Crippen LogP contribution in [0.2, 0.25) is 0 Å². The Bertz CT molecular complexity index is 214. The summed E-state index contributed by atoms with van der Waals surface area (Å²) in [6.45, 7) is 3.55. The van der Waals surface area contributed by atoms with Crippen LogP contribution in [0.3, 0.4) is 0 Å². The lowest BCUT2D eigenvalue weighted by atomic mass is 9.99. The van der Waals surface area contributed by atoms with Crippen molar-refractivity contribution in [2.45, 2.75) is 30.8 Å². The molecule has 0 saturated heterocycles. The SMILES string of the molecule is CNC1(CO)CCC(N(CCOC)CCOC)C1. The Morgan fingerprint density at radius 1 is 1.28 bits per heavy atom. The number of aliphatic hydroxyl groups excluding tert-OH is 1. The van der Waals surface area contributed by atoms with Crippen LogP contribution in [0.1, 0.15) is 19.3 Å². The number of rotatable bonds is 9. The molecule has 0 bridgehead atoms. The first kappa shape index (κ1) is 15.9. The molecule has 2 N–H and O–H groups in total. The topological polar surface area (TPSA) is 54.0 Å². The molecule has 1 rings (SSSR count). The Morgan fingerprint density at radius 2 is 1.89 bits per heavy atom. The second kappa shape index (κ2) is 8.07. The van der Waals surface area contributed by atoms with Crippen molar-refractivity contribution in [1.29, 1.82) is 0 Å². The number of hydrogen-bond acceptors (Lipinski definition) is 5. The average Bonchev–Trinajstić information content (AvgIpc) is 2.84. The fraction of sp³-hybridized carbons (Fsp3) is 1.00. The molecule has 2 unspecified atom stereocenters. The van der Waals surface area contributed by atoms with E-state index in [9.17, 15) is 5.11 Å². The van der Waals surface area contributed by atoms with Gasteiger partial charge in [0, 0.05) is 38.9 Å². The van der Waals surface area contributed by atoms with Gasteiger partial charge in [0.1, 0.15) is 0 Å². The van der Waals surface area contributed by atoms with E-state index in [1.807, 2.05) is 7.05 Å². The summed E-state index contributed by atoms with van der Waals surface area (Å²) in [5.41, 5.74) is -0.0942. The molecule has 5 heteroatoms. The molecule has 1 fully saturated rings. The van der Waals surface area contributed by atoms with Gasteiger partial charge in [0.15, 0.2) is 0 Å². The van der Waals surface area contributed by atoms with Crippen molar-refractivity contribution in [3.63, 3.8) is 0 Å². The maximum atomic E-state index is 9.54. The second-order valence-electron chi connectivity index (χ2n) is 5.11. The van der Waals surface area contributed by atoms with Crippen LogP contribution in [0.15, 0.2) is 0 Å². The van der Waals surface area contributed by atoms with Crippen LogP contribution in [0, 0.1) is 0 Å². The van der Waals surface area contributed by atoms with E-state index >= 15 is 0 Å². The van der Waals surface area contributed by atoms with Gasteiger partial charge in [0.2, 0.25) is 0 Å². The van der Waals surface area contributed by atoms with E-state index < -0.39 is 0 Å². The molecule has 2 atom stereocenters. The van der Waals surface area contributed by atoms with Gasteiger partial charge in [-0.05, 0) is 26.3 Å². The Hall–Kier alpha value is -0.200. The van der Waals surface area contributed by atoms with E-state index in [2.05, 4.69) is 10.2 Å². The van der Waals surface area contributed by atoms with Crippen LogP contribution in [0.5, 0.6) is 0 Å². The van der Waals surface area contributed by atoms with Crippen molar-refractivity contribution in [1.82, 2.24) is 10.2 Å². The monoisotopic (exact) mass is 260 g/mol. The maximum absolute atomic E-state index is 9.54. The maximum Gasteiger partial charge on any atom is 0.0613 e. The molecule has 0 radical (unpaired) electrons. The first-order valence-electron chi connectivity index (χ1n) is 6.73. The first-order chi connectivity index (χ1) is 8.71. The Morgan fingerprint density at radius 3 is 2.28 bits per heavy atom. The van der Waals surface area contributed by atoms with Crippen LogP contribution in [-0.4, -0.2) is 75.8 Å². The minimum absolute atomic E-state index is 0.0942. The summed E-state index contributed by atoms with van der Waals surface area (Å²) in [4.78, 5) is 2.42. The predicted molar refractivity (Wildman–Crippen MR) is 71.8 cm³/mol. The van der Waals surface area contributed by atoms with E-state index in [-0.39, 0.29) is 12.1 Å². The number of likely N-dealkylation sites (N-methyl/N-ethyl adjacent to an activating group) is 1. The third kappa shape index (κ3) is 4.17. The van der Waals surface area contributed by atoms with Gasteiger partial charge >= 0.3 is 0 Å². The quantitative estimate of drug-likeness (QED) is 0.615. The minimum Gasteiger partial charge on any atom is -0.394 e. The van der Waals surface area contributed by atoms with E-state index in [1.54, 1.807) is 14.2 Å². The minimum atomic E-state index is -0.0942. The Labute approximate surface area is 110 Å². The number of ether oxygens (including phenoxy) is 2. The van der Waals surface area contributed by atoms with E-state index in [0.717, 1.165) is 45.6 Å². The molecule has 0 aromatic carbocycles. The summed E-state index contributed by atoms with van der Waals surface area (Å²) in [6, 6.07) is 0.509. The van der Waals surface area contributed by atoms with Crippen molar-refractivity contribution < 1.29 is 14.6 Å². The highest BCUT2D eigenvalue weighted by molar-refractivity contribution is 4.98. The number of nitrogens with one attached hydrogen (secondary N) is 1. The molecule has 0 aliphatic heterocycles. The largest absolute Gasteiger partial charge is 0.394 e. The summed E-state index contributed by atoms with van der Waals surface area (Å²) >= 11 is 0. The van der Waals surface area contributed by atoms with Crippen LogP contribution in [0.4, 0.5) is 0 Å². The highest BCUT2D eigenvalue weighted by Crippen LogP contribution is 2.32. The second-order valence-corrected chi connectivity index (χ2v) is 5.11. The smallest absolute Gasteiger partial charge is 0.0613 e. The molecule has 1 aliphatic carbocycles. The Kier molecular flexibility index (Phi) is 7.11. The Balaban J connectivity index is 2.52. The van der Waals surface area contributed by atoms with Crippen molar-refractivity contribution >= 4 is 0 Å². The molecule has 0 aromatic rings. The third-order valence-electron chi connectivity index (χ3n) is 4.10. The first-order valence-corrected chi connectivity index (χ1v) is 6.73. The van der Waals surface area contributed by atoms with Gasteiger partial charge in [0.05, 0.1) is 19.8 Å². The molecule has 18 heavy (non-hydrogen) atoms. The molecular formula is C13H28N2O3. The predicted octanol–water partition coefficient (Wildman–Crippen LogP) is 0.0842. The van der Waals surface area contributed by atoms with Gasteiger partial charge in [-0.15, -0.1) is 0 Å². The molecular weight excluding hydrogens is 232 g/mol. The van der Waals surface area contributed by atoms with Gasteiger partial charge in [-0.1, -0.05) is 0 Å². The molecule has 0 amide bonds. The van der Waals surface area contributed by atoms with Crippen LogP contribution < -0.4 is 5.32 Å². The zero-order valence-corrected chi connectivity index (χ0v) is 11.9. The molecule has 5 nitrogen and oxygen atoms in total. The van der Waals surface area contributed by atoms with Crippen LogP contribution in [-0.2, 0) is 9.47 Å². The molecule has 1 aliphatic rings. The van der Waals surface area contributed by atoms with E-state index in [1.165, 1.54) is 0 Å². The van der Waals surface area contributed by atoms with Crippen LogP contribution >= 0.6 is 0 Å². The summed E-state index contributed by atoms with van der Waals surface area (Å²) in [7, 11) is 5.40. The molecule has 0 heterocycles. The normalized spacial score (nSPS) is 28.2. The van der Waals surface area contributed by atoms with Crippen molar-refractivity contribution in [2.75, 3.05) is 54.2 Å². The number of aliphatic hydroxyl groups is 1. The van der Waals surface area contributed by atoms with Gasteiger partial charge in [0.25, 0.3) is 0 Å². The lowest BCUT2D eigenvalue weighted by Gasteiger charge is -2.31. The average molecular weight is 260 g/mol. The molecule has 1 saturated carbocycles. The standard InChI is InChI=1S/C13H28N2O3/c1-14-13(11-16)5-4-12(10-13)15(6-8-17-2)7-9-18-3/h12,14,16H,4-11H2,1-3H3. The third-order valence-corrected chi connectivity index (χ3v) is 4.10. The number of nitrogens with zero attached hydrogens (tertiary/aromatic N) is 1.